The van der Waals surface area contributed by atoms with Crippen LogP contribution in [0, 0.1) is 0 Å². The number of carboxylic acids is 1. The van der Waals surface area contributed by atoms with Crippen LogP contribution in [0.15, 0.2) is 23.8 Å². The summed E-state index contributed by atoms with van der Waals surface area (Å²) in [7, 11) is 2.53. The number of carbonyl (C=O) groups is 5. The predicted octanol–water partition coefficient (Wildman–Crippen LogP) is -1.80. The van der Waals surface area contributed by atoms with E-state index in [9.17, 15) is 29.2 Å². The standard InChI is InChI=1S/C16H24N4O7/c1-9(8-10(2)21)16(26)20(27)13(15(25)18-4)12(14(24)17-3)19-7-5-6-11(22)23/h5-6,8,12-13,19,27H,7H2,1-4H3,(H,17,24)(H,18,25)(H,22,23)/b6-5-,9-8+. The van der Waals surface area contributed by atoms with Gasteiger partial charge >= 0.3 is 5.97 Å². The molecule has 0 aromatic rings. The summed E-state index contributed by atoms with van der Waals surface area (Å²) >= 11 is 0. The highest BCUT2D eigenvalue weighted by atomic mass is 16.5. The minimum atomic E-state index is -1.68. The Kier molecular flexibility index (Phi) is 10.2. The fraction of sp³-hybridized carbons (Fsp3) is 0.438. The third-order valence-corrected chi connectivity index (χ3v) is 3.30. The number of likely N-dealkylation sites (N-methyl/N-ethyl adjacent to an activating group) is 2. The molecule has 150 valence electrons. The van der Waals surface area contributed by atoms with Gasteiger partial charge in [0.1, 0.15) is 6.04 Å². The van der Waals surface area contributed by atoms with Crippen molar-refractivity contribution in [2.75, 3.05) is 20.6 Å². The largest absolute Gasteiger partial charge is 0.478 e. The first-order valence-electron chi connectivity index (χ1n) is 7.84. The second-order valence-corrected chi connectivity index (χ2v) is 5.39. The minimum Gasteiger partial charge on any atom is -0.478 e. The van der Waals surface area contributed by atoms with E-state index in [1.165, 1.54) is 34.0 Å². The molecule has 0 aliphatic rings. The number of hydroxylamine groups is 2. The monoisotopic (exact) mass is 384 g/mol. The average Bonchev–Trinajstić information content (AvgIpc) is 2.61. The molecule has 0 fully saturated rings. The Hall–Kier alpha value is -3.05. The topological polar surface area (TPSA) is 165 Å². The van der Waals surface area contributed by atoms with Gasteiger partial charge in [-0.3, -0.25) is 24.4 Å². The molecule has 0 saturated heterocycles. The van der Waals surface area contributed by atoms with Crippen molar-refractivity contribution in [3.8, 4) is 0 Å². The van der Waals surface area contributed by atoms with Crippen LogP contribution < -0.4 is 16.0 Å². The average molecular weight is 384 g/mol. The molecule has 0 radical (unpaired) electrons. The fourth-order valence-electron chi connectivity index (χ4n) is 2.08. The molecule has 0 aliphatic carbocycles. The zero-order valence-electron chi connectivity index (χ0n) is 15.5. The van der Waals surface area contributed by atoms with Gasteiger partial charge in [-0.1, -0.05) is 6.08 Å². The van der Waals surface area contributed by atoms with Crippen molar-refractivity contribution in [2.24, 2.45) is 0 Å². The van der Waals surface area contributed by atoms with E-state index >= 15 is 0 Å². The summed E-state index contributed by atoms with van der Waals surface area (Å²) in [5.41, 5.74) is -0.139. The number of hydrogen-bond acceptors (Lipinski definition) is 7. The number of ketones is 1. The van der Waals surface area contributed by atoms with Crippen LogP contribution in [0.3, 0.4) is 0 Å². The first-order valence-corrected chi connectivity index (χ1v) is 7.84. The highest BCUT2D eigenvalue weighted by Crippen LogP contribution is 2.09. The van der Waals surface area contributed by atoms with Crippen LogP contribution >= 0.6 is 0 Å². The molecule has 0 saturated carbocycles. The van der Waals surface area contributed by atoms with Gasteiger partial charge < -0.3 is 21.1 Å². The Morgan fingerprint density at radius 1 is 1.04 bits per heavy atom. The number of carbonyl (C=O) groups excluding carboxylic acids is 4. The summed E-state index contributed by atoms with van der Waals surface area (Å²) in [6, 6.07) is -3.09. The summed E-state index contributed by atoms with van der Waals surface area (Å²) in [6.45, 7) is 2.34. The number of carboxylic acid groups (broad SMARTS) is 1. The quantitative estimate of drug-likeness (QED) is 0.167. The second-order valence-electron chi connectivity index (χ2n) is 5.39. The van der Waals surface area contributed by atoms with Crippen LogP contribution in [0.2, 0.25) is 0 Å². The van der Waals surface area contributed by atoms with Gasteiger partial charge in [0.05, 0.1) is 0 Å². The van der Waals surface area contributed by atoms with E-state index in [1.807, 2.05) is 0 Å². The van der Waals surface area contributed by atoms with Crippen molar-refractivity contribution < 1.29 is 34.3 Å². The molecule has 0 aliphatic heterocycles. The van der Waals surface area contributed by atoms with Gasteiger partial charge in [-0.2, -0.15) is 0 Å². The maximum atomic E-state index is 12.3. The van der Waals surface area contributed by atoms with Crippen molar-refractivity contribution in [2.45, 2.75) is 25.9 Å². The first kappa shape index (κ1) is 23.9. The van der Waals surface area contributed by atoms with Crippen molar-refractivity contribution >= 4 is 29.5 Å². The van der Waals surface area contributed by atoms with Crippen molar-refractivity contribution in [1.82, 2.24) is 21.0 Å². The molecule has 0 bridgehead atoms. The summed E-state index contributed by atoms with van der Waals surface area (Å²) in [6.07, 6.45) is 2.98. The van der Waals surface area contributed by atoms with Crippen LogP contribution in [-0.2, 0) is 24.0 Å². The van der Waals surface area contributed by atoms with E-state index in [-0.39, 0.29) is 17.2 Å². The Morgan fingerprint density at radius 2 is 1.59 bits per heavy atom. The number of rotatable bonds is 10. The number of nitrogens with zero attached hydrogens (tertiary/aromatic N) is 1. The third-order valence-electron chi connectivity index (χ3n) is 3.30. The summed E-state index contributed by atoms with van der Waals surface area (Å²) in [5.74, 6) is -4.28. The maximum Gasteiger partial charge on any atom is 0.328 e. The SMILES string of the molecule is CNC(=O)C(NC/C=C\C(=O)O)C(C(=O)NC)N(O)C(=O)/C(C)=C/C(C)=O. The first-order chi connectivity index (χ1) is 12.6. The van der Waals surface area contributed by atoms with Crippen molar-refractivity contribution in [3.05, 3.63) is 23.8 Å². The van der Waals surface area contributed by atoms with Gasteiger partial charge in [0.15, 0.2) is 11.8 Å². The van der Waals surface area contributed by atoms with Crippen LogP contribution in [-0.4, -0.2) is 77.6 Å². The molecule has 0 aromatic heterocycles. The molecule has 0 rings (SSSR count). The highest BCUT2D eigenvalue weighted by molar-refractivity contribution is 6.02. The molecule has 2 unspecified atom stereocenters. The molecule has 5 N–H and O–H groups in total. The lowest BCUT2D eigenvalue weighted by Gasteiger charge is -2.31. The summed E-state index contributed by atoms with van der Waals surface area (Å²) in [5, 5.41) is 26.0. The lowest BCUT2D eigenvalue weighted by Crippen LogP contribution is -2.62. The molecule has 0 aromatic carbocycles. The molecule has 0 spiro atoms. The molecule has 3 amide bonds. The number of hydrogen-bond donors (Lipinski definition) is 5. The van der Waals surface area contributed by atoms with E-state index in [0.717, 1.165) is 12.2 Å². The molecule has 0 heterocycles. The van der Waals surface area contributed by atoms with Gasteiger partial charge in [0.25, 0.3) is 5.91 Å². The molecular weight excluding hydrogens is 360 g/mol. The molecule has 27 heavy (non-hydrogen) atoms. The number of aliphatic carboxylic acids is 1. The Morgan fingerprint density at radius 3 is 2.04 bits per heavy atom. The second kappa shape index (κ2) is 11.5. The van der Waals surface area contributed by atoms with E-state index in [2.05, 4.69) is 16.0 Å². The van der Waals surface area contributed by atoms with Gasteiger partial charge in [0.2, 0.25) is 11.8 Å². The Labute approximate surface area is 156 Å². The minimum absolute atomic E-state index is 0.0570. The molecule has 11 nitrogen and oxygen atoms in total. The maximum absolute atomic E-state index is 12.3. The molecule has 11 heteroatoms. The lowest BCUT2D eigenvalue weighted by atomic mass is 10.0. The number of amides is 3. The Balaban J connectivity index is 5.76. The van der Waals surface area contributed by atoms with Gasteiger partial charge in [-0.25, -0.2) is 9.86 Å². The van der Waals surface area contributed by atoms with Crippen LogP contribution in [0.4, 0.5) is 0 Å². The molecular formula is C16H24N4O7. The van der Waals surface area contributed by atoms with Gasteiger partial charge in [0, 0.05) is 32.3 Å². The van der Waals surface area contributed by atoms with Crippen molar-refractivity contribution in [3.63, 3.8) is 0 Å². The number of nitrogens with one attached hydrogen (secondary N) is 3. The fourth-order valence-corrected chi connectivity index (χ4v) is 2.08. The number of allylic oxidation sites excluding steroid dienone is 1. The summed E-state index contributed by atoms with van der Waals surface area (Å²) < 4.78 is 0. The van der Waals surface area contributed by atoms with E-state index in [0.29, 0.717) is 0 Å². The zero-order chi connectivity index (χ0) is 21.1. The van der Waals surface area contributed by atoms with E-state index in [4.69, 9.17) is 5.11 Å². The van der Waals surface area contributed by atoms with Crippen LogP contribution in [0.5, 0.6) is 0 Å². The van der Waals surface area contributed by atoms with Gasteiger partial charge in [-0.05, 0) is 19.9 Å². The Bertz CT molecular complexity index is 657. The smallest absolute Gasteiger partial charge is 0.328 e. The van der Waals surface area contributed by atoms with E-state index < -0.39 is 41.6 Å². The zero-order valence-corrected chi connectivity index (χ0v) is 15.5. The lowest BCUT2D eigenvalue weighted by molar-refractivity contribution is -0.179. The van der Waals surface area contributed by atoms with Crippen LogP contribution in [0.1, 0.15) is 13.8 Å². The van der Waals surface area contributed by atoms with Gasteiger partial charge in [-0.15, -0.1) is 0 Å². The third kappa shape index (κ3) is 7.79. The van der Waals surface area contributed by atoms with Crippen LogP contribution in [0.25, 0.3) is 0 Å². The summed E-state index contributed by atoms with van der Waals surface area (Å²) in [4.78, 5) is 58.3. The predicted molar refractivity (Wildman–Crippen MR) is 93.6 cm³/mol. The van der Waals surface area contributed by atoms with E-state index in [1.54, 1.807) is 0 Å². The molecule has 2 atom stereocenters. The van der Waals surface area contributed by atoms with Crippen molar-refractivity contribution in [1.29, 1.82) is 0 Å². The highest BCUT2D eigenvalue weighted by Gasteiger charge is 2.39. The normalized spacial score (nSPS) is 13.6.